The highest BCUT2D eigenvalue weighted by atomic mass is 16.5. The SMILES string of the molecule is CCOC(=O)CCOCC(COCCC(=O)OCC)(COCCC(=O)OCC)NC(=O)CN. The first-order valence-corrected chi connectivity index (χ1v) is 11.0. The summed E-state index contributed by atoms with van der Waals surface area (Å²) in [6, 6.07) is 0. The number of carbonyl (C=O) groups excluding carboxylic acids is 4. The molecule has 3 N–H and O–H groups in total. The van der Waals surface area contributed by atoms with Crippen molar-refractivity contribution in [1.82, 2.24) is 5.32 Å². The van der Waals surface area contributed by atoms with Crippen molar-refractivity contribution in [1.29, 1.82) is 0 Å². The Morgan fingerprint density at radius 3 is 1.27 bits per heavy atom. The highest BCUT2D eigenvalue weighted by Gasteiger charge is 2.33. The van der Waals surface area contributed by atoms with Crippen LogP contribution in [0.1, 0.15) is 40.0 Å². The van der Waals surface area contributed by atoms with Gasteiger partial charge in [0.2, 0.25) is 5.91 Å². The lowest BCUT2D eigenvalue weighted by Gasteiger charge is -2.34. The predicted molar refractivity (Wildman–Crippen MR) is 116 cm³/mol. The Hall–Kier alpha value is -2.28. The number of nitrogens with one attached hydrogen (secondary N) is 1. The number of esters is 3. The molecule has 0 radical (unpaired) electrons. The van der Waals surface area contributed by atoms with Gasteiger partial charge >= 0.3 is 17.9 Å². The van der Waals surface area contributed by atoms with Crippen molar-refractivity contribution in [2.75, 3.05) is 66.0 Å². The van der Waals surface area contributed by atoms with E-state index in [4.69, 9.17) is 34.2 Å². The normalized spacial score (nSPS) is 11.0. The molecule has 12 heteroatoms. The average Bonchev–Trinajstić information content (AvgIpc) is 2.78. The van der Waals surface area contributed by atoms with Crippen LogP contribution in [0.15, 0.2) is 0 Å². The van der Waals surface area contributed by atoms with Crippen molar-refractivity contribution >= 4 is 23.8 Å². The molecular weight excluding hydrogens is 440 g/mol. The van der Waals surface area contributed by atoms with Crippen LogP contribution in [-0.4, -0.2) is 95.4 Å². The van der Waals surface area contributed by atoms with Crippen LogP contribution in [0.5, 0.6) is 0 Å². The van der Waals surface area contributed by atoms with Crippen LogP contribution in [0.25, 0.3) is 0 Å². The Labute approximate surface area is 194 Å². The fraction of sp³-hybridized carbons (Fsp3) is 0.810. The van der Waals surface area contributed by atoms with E-state index in [2.05, 4.69) is 5.32 Å². The maximum atomic E-state index is 12.1. The maximum Gasteiger partial charge on any atom is 0.308 e. The Morgan fingerprint density at radius 1 is 0.667 bits per heavy atom. The van der Waals surface area contributed by atoms with Crippen molar-refractivity contribution < 1.29 is 47.6 Å². The summed E-state index contributed by atoms with van der Waals surface area (Å²) < 4.78 is 31.4. The van der Waals surface area contributed by atoms with Crippen molar-refractivity contribution in [3.05, 3.63) is 0 Å². The number of hydrogen-bond acceptors (Lipinski definition) is 11. The zero-order valence-electron chi connectivity index (χ0n) is 19.9. The van der Waals surface area contributed by atoms with E-state index in [1.807, 2.05) is 0 Å². The van der Waals surface area contributed by atoms with Gasteiger partial charge < -0.3 is 39.5 Å². The first kappa shape index (κ1) is 30.7. The van der Waals surface area contributed by atoms with Crippen molar-refractivity contribution in [3.8, 4) is 0 Å². The summed E-state index contributed by atoms with van der Waals surface area (Å²) in [4.78, 5) is 46.6. The Bertz CT molecular complexity index is 521. The topological polar surface area (TPSA) is 162 Å². The van der Waals surface area contributed by atoms with Crippen LogP contribution in [0, 0.1) is 0 Å². The third-order valence-corrected chi connectivity index (χ3v) is 3.99. The molecule has 0 bridgehead atoms. The van der Waals surface area contributed by atoms with Gasteiger partial charge in [0.25, 0.3) is 0 Å². The molecule has 0 spiro atoms. The standard InChI is InChI=1S/C21H38N2O10/c1-4-31-18(25)7-10-28-14-21(23-17(24)13-22,15-29-11-8-19(26)32-5-2)16-30-12-9-20(27)33-6-3/h4-16,22H2,1-3H3,(H,23,24). The smallest absolute Gasteiger partial charge is 0.308 e. The highest BCUT2D eigenvalue weighted by Crippen LogP contribution is 2.11. The Balaban J connectivity index is 5.05. The second kappa shape index (κ2) is 19.2. The van der Waals surface area contributed by atoms with E-state index in [9.17, 15) is 19.2 Å². The fourth-order valence-corrected chi connectivity index (χ4v) is 2.55. The zero-order chi connectivity index (χ0) is 25.0. The van der Waals surface area contributed by atoms with E-state index in [0.29, 0.717) is 0 Å². The van der Waals surface area contributed by atoms with Gasteiger partial charge in [-0.25, -0.2) is 0 Å². The van der Waals surface area contributed by atoms with E-state index in [-0.39, 0.29) is 85.3 Å². The maximum absolute atomic E-state index is 12.1. The van der Waals surface area contributed by atoms with E-state index >= 15 is 0 Å². The van der Waals surface area contributed by atoms with Crippen molar-refractivity contribution in [2.45, 2.75) is 45.6 Å². The van der Waals surface area contributed by atoms with Gasteiger partial charge in [-0.1, -0.05) is 0 Å². The van der Waals surface area contributed by atoms with Gasteiger partial charge in [-0.2, -0.15) is 0 Å². The van der Waals surface area contributed by atoms with Crippen molar-refractivity contribution in [2.24, 2.45) is 5.73 Å². The monoisotopic (exact) mass is 478 g/mol. The molecule has 0 aliphatic heterocycles. The minimum Gasteiger partial charge on any atom is -0.466 e. The molecule has 0 fully saturated rings. The molecule has 0 aromatic heterocycles. The minimum atomic E-state index is -1.17. The van der Waals surface area contributed by atoms with Gasteiger partial charge in [-0.15, -0.1) is 0 Å². The predicted octanol–water partition coefficient (Wildman–Crippen LogP) is -0.290. The van der Waals surface area contributed by atoms with Gasteiger partial charge in [0.05, 0.1) is 85.3 Å². The molecule has 0 heterocycles. The minimum absolute atomic E-state index is 0.0299. The number of hydrogen-bond donors (Lipinski definition) is 2. The lowest BCUT2D eigenvalue weighted by molar-refractivity contribution is -0.145. The van der Waals surface area contributed by atoms with Crippen LogP contribution in [0.4, 0.5) is 0 Å². The molecule has 12 nitrogen and oxygen atoms in total. The number of carbonyl (C=O) groups is 4. The Morgan fingerprint density at radius 2 is 1.00 bits per heavy atom. The summed E-state index contributed by atoms with van der Waals surface area (Å²) in [7, 11) is 0. The molecule has 0 aromatic rings. The molecular formula is C21H38N2O10. The van der Waals surface area contributed by atoms with Gasteiger partial charge in [-0.05, 0) is 20.8 Å². The molecule has 1 amide bonds. The van der Waals surface area contributed by atoms with Gasteiger partial charge in [0, 0.05) is 0 Å². The van der Waals surface area contributed by atoms with Crippen LogP contribution in [0.2, 0.25) is 0 Å². The van der Waals surface area contributed by atoms with Gasteiger partial charge in [0.1, 0.15) is 5.54 Å². The zero-order valence-corrected chi connectivity index (χ0v) is 19.9. The molecule has 0 unspecified atom stereocenters. The Kier molecular flexibility index (Phi) is 17.9. The quantitative estimate of drug-likeness (QED) is 0.134. The summed E-state index contributed by atoms with van der Waals surface area (Å²) in [6.45, 7) is 5.53. The molecule has 0 rings (SSSR count). The van der Waals surface area contributed by atoms with Crippen LogP contribution < -0.4 is 11.1 Å². The van der Waals surface area contributed by atoms with E-state index < -0.39 is 29.4 Å². The molecule has 33 heavy (non-hydrogen) atoms. The number of nitrogens with two attached hydrogens (primary N) is 1. The van der Waals surface area contributed by atoms with E-state index in [0.717, 1.165) is 0 Å². The number of amides is 1. The molecule has 0 aromatic carbocycles. The second-order valence-electron chi connectivity index (χ2n) is 6.86. The van der Waals surface area contributed by atoms with E-state index in [1.165, 1.54) is 0 Å². The largest absolute Gasteiger partial charge is 0.466 e. The summed E-state index contributed by atoms with van der Waals surface area (Å²) in [5.41, 5.74) is 4.27. The van der Waals surface area contributed by atoms with Crippen molar-refractivity contribution in [3.63, 3.8) is 0 Å². The summed E-state index contributed by atoms with van der Waals surface area (Å²) in [5.74, 6) is -1.71. The molecule has 0 aliphatic rings. The summed E-state index contributed by atoms with van der Waals surface area (Å²) >= 11 is 0. The summed E-state index contributed by atoms with van der Waals surface area (Å²) in [5, 5.41) is 2.73. The lowest BCUT2D eigenvalue weighted by atomic mass is 10.0. The first-order chi connectivity index (χ1) is 15.8. The lowest BCUT2D eigenvalue weighted by Crippen LogP contribution is -2.59. The molecule has 192 valence electrons. The van der Waals surface area contributed by atoms with Crippen LogP contribution in [-0.2, 0) is 47.6 Å². The van der Waals surface area contributed by atoms with Crippen LogP contribution >= 0.6 is 0 Å². The van der Waals surface area contributed by atoms with Crippen LogP contribution in [0.3, 0.4) is 0 Å². The molecule has 0 aliphatic carbocycles. The highest BCUT2D eigenvalue weighted by molar-refractivity contribution is 5.78. The summed E-state index contributed by atoms with van der Waals surface area (Å²) in [6.07, 6.45) is 0.0898. The second-order valence-corrected chi connectivity index (χ2v) is 6.86. The third-order valence-electron chi connectivity index (χ3n) is 3.99. The van der Waals surface area contributed by atoms with Gasteiger partial charge in [0.15, 0.2) is 0 Å². The first-order valence-electron chi connectivity index (χ1n) is 11.0. The fourth-order valence-electron chi connectivity index (χ4n) is 2.55. The average molecular weight is 479 g/mol. The molecule has 0 saturated heterocycles. The van der Waals surface area contributed by atoms with E-state index in [1.54, 1.807) is 20.8 Å². The third kappa shape index (κ3) is 16.1. The van der Waals surface area contributed by atoms with Gasteiger partial charge in [-0.3, -0.25) is 19.2 Å². The number of ether oxygens (including phenoxy) is 6. The molecule has 0 saturated carbocycles. The number of rotatable bonds is 20. The molecule has 0 atom stereocenters.